The van der Waals surface area contributed by atoms with Crippen LogP contribution >= 0.6 is 27.7 Å². The number of aryl methyl sites for hydroxylation is 1. The van der Waals surface area contributed by atoms with Crippen LogP contribution in [-0.4, -0.2) is 41.7 Å². The van der Waals surface area contributed by atoms with Crippen LogP contribution in [0.1, 0.15) is 24.8 Å². The Bertz CT molecular complexity index is 523. The van der Waals surface area contributed by atoms with E-state index in [4.69, 9.17) is 0 Å². The van der Waals surface area contributed by atoms with Crippen molar-refractivity contribution in [3.8, 4) is 0 Å². The third kappa shape index (κ3) is 3.46. The van der Waals surface area contributed by atoms with E-state index < -0.39 is 0 Å². The number of benzene rings is 1. The molecule has 3 rings (SSSR count). The average Bonchev–Trinajstić information content (AvgIpc) is 2.71. The van der Waals surface area contributed by atoms with Crippen molar-refractivity contribution in [3.05, 3.63) is 28.2 Å². The minimum Gasteiger partial charge on any atom is -0.335 e. The summed E-state index contributed by atoms with van der Waals surface area (Å²) in [5.41, 5.74) is 1.22. The standard InChI is InChI=1S/C16H21BrN2OS/c1-11-8-12(17)2-5-15(11)21-10-16(20)19-13-3-4-14(19)9-18-7-6-13/h2,5,8,13-14,18H,3-4,6-7,9-10H2,1H3. The Morgan fingerprint density at radius 1 is 1.38 bits per heavy atom. The number of rotatable bonds is 3. The van der Waals surface area contributed by atoms with Gasteiger partial charge in [-0.1, -0.05) is 15.9 Å². The van der Waals surface area contributed by atoms with E-state index in [1.165, 1.54) is 16.9 Å². The van der Waals surface area contributed by atoms with E-state index in [9.17, 15) is 4.79 Å². The highest BCUT2D eigenvalue weighted by Gasteiger charge is 2.37. The molecular formula is C16H21BrN2OS. The van der Waals surface area contributed by atoms with E-state index in [0.717, 1.165) is 30.4 Å². The first kappa shape index (κ1) is 15.4. The van der Waals surface area contributed by atoms with Crippen molar-refractivity contribution in [2.45, 2.75) is 43.2 Å². The molecule has 1 aromatic carbocycles. The van der Waals surface area contributed by atoms with Gasteiger partial charge in [-0.15, -0.1) is 11.8 Å². The monoisotopic (exact) mass is 368 g/mol. The lowest BCUT2D eigenvalue weighted by Crippen LogP contribution is -2.43. The third-order valence-electron chi connectivity index (χ3n) is 4.43. The Hall–Kier alpha value is -0.520. The van der Waals surface area contributed by atoms with Gasteiger partial charge in [-0.25, -0.2) is 0 Å². The van der Waals surface area contributed by atoms with Gasteiger partial charge in [0.05, 0.1) is 5.75 Å². The summed E-state index contributed by atoms with van der Waals surface area (Å²) in [6, 6.07) is 7.11. The zero-order valence-electron chi connectivity index (χ0n) is 12.3. The summed E-state index contributed by atoms with van der Waals surface area (Å²) in [7, 11) is 0. The molecule has 1 amide bonds. The first-order valence-electron chi connectivity index (χ1n) is 7.56. The number of fused-ring (bicyclic) bond motifs is 2. The van der Waals surface area contributed by atoms with Gasteiger partial charge in [-0.3, -0.25) is 4.79 Å². The highest BCUT2D eigenvalue weighted by Crippen LogP contribution is 2.30. The molecule has 0 spiro atoms. The molecule has 3 nitrogen and oxygen atoms in total. The molecule has 2 saturated heterocycles. The molecule has 2 atom stereocenters. The van der Waals surface area contributed by atoms with Gasteiger partial charge in [0.2, 0.25) is 5.91 Å². The van der Waals surface area contributed by atoms with Crippen molar-refractivity contribution in [1.82, 2.24) is 10.2 Å². The molecular weight excluding hydrogens is 348 g/mol. The largest absolute Gasteiger partial charge is 0.335 e. The second kappa shape index (κ2) is 6.71. The lowest BCUT2D eigenvalue weighted by atomic mass is 10.1. The zero-order chi connectivity index (χ0) is 14.8. The van der Waals surface area contributed by atoms with E-state index in [0.29, 0.717) is 23.7 Å². The van der Waals surface area contributed by atoms with Crippen molar-refractivity contribution in [1.29, 1.82) is 0 Å². The number of nitrogens with one attached hydrogen (secondary N) is 1. The molecule has 2 heterocycles. The summed E-state index contributed by atoms with van der Waals surface area (Å²) in [5.74, 6) is 0.855. The Labute approximate surface area is 139 Å². The van der Waals surface area contributed by atoms with E-state index in [1.54, 1.807) is 11.8 Å². The summed E-state index contributed by atoms with van der Waals surface area (Å²) in [4.78, 5) is 16.0. The highest BCUT2D eigenvalue weighted by molar-refractivity contribution is 9.10. The molecule has 0 saturated carbocycles. The Balaban J connectivity index is 1.63. The fraction of sp³-hybridized carbons (Fsp3) is 0.562. The van der Waals surface area contributed by atoms with Gasteiger partial charge >= 0.3 is 0 Å². The molecule has 2 aliphatic rings. The van der Waals surface area contributed by atoms with Crippen LogP contribution in [0.2, 0.25) is 0 Å². The number of nitrogens with zero attached hydrogens (tertiary/aromatic N) is 1. The highest BCUT2D eigenvalue weighted by atomic mass is 79.9. The quantitative estimate of drug-likeness (QED) is 0.831. The molecule has 2 aliphatic heterocycles. The topological polar surface area (TPSA) is 32.3 Å². The molecule has 21 heavy (non-hydrogen) atoms. The van der Waals surface area contributed by atoms with Crippen molar-refractivity contribution in [2.75, 3.05) is 18.8 Å². The molecule has 1 N–H and O–H groups in total. The van der Waals surface area contributed by atoms with Crippen molar-refractivity contribution in [2.24, 2.45) is 0 Å². The number of hydrogen-bond donors (Lipinski definition) is 1. The maximum absolute atomic E-state index is 12.6. The lowest BCUT2D eigenvalue weighted by Gasteiger charge is -2.27. The number of carbonyl (C=O) groups is 1. The molecule has 0 radical (unpaired) electrons. The molecule has 114 valence electrons. The van der Waals surface area contributed by atoms with Gasteiger partial charge in [-0.2, -0.15) is 0 Å². The number of hydrogen-bond acceptors (Lipinski definition) is 3. The fourth-order valence-corrected chi connectivity index (χ4v) is 4.73. The Kier molecular flexibility index (Phi) is 4.92. The van der Waals surface area contributed by atoms with E-state index in [2.05, 4.69) is 45.2 Å². The van der Waals surface area contributed by atoms with Crippen LogP contribution in [0, 0.1) is 6.92 Å². The summed E-state index contributed by atoms with van der Waals surface area (Å²) >= 11 is 5.14. The predicted octanol–water partition coefficient (Wildman–Crippen LogP) is 3.20. The molecule has 2 fully saturated rings. The fourth-order valence-electron chi connectivity index (χ4n) is 3.38. The number of carbonyl (C=O) groups excluding carboxylic acids is 1. The van der Waals surface area contributed by atoms with Gasteiger partial charge < -0.3 is 10.2 Å². The van der Waals surface area contributed by atoms with Gasteiger partial charge in [0.25, 0.3) is 0 Å². The van der Waals surface area contributed by atoms with Crippen LogP contribution < -0.4 is 5.32 Å². The van der Waals surface area contributed by atoms with Crippen molar-refractivity contribution in [3.63, 3.8) is 0 Å². The minimum atomic E-state index is 0.304. The number of amides is 1. The number of halogens is 1. The molecule has 0 aliphatic carbocycles. The first-order valence-corrected chi connectivity index (χ1v) is 9.34. The van der Waals surface area contributed by atoms with E-state index in [-0.39, 0.29) is 0 Å². The number of thioether (sulfide) groups is 1. The zero-order valence-corrected chi connectivity index (χ0v) is 14.7. The van der Waals surface area contributed by atoms with Crippen LogP contribution in [0.3, 0.4) is 0 Å². The second-order valence-electron chi connectivity index (χ2n) is 5.88. The Morgan fingerprint density at radius 2 is 2.19 bits per heavy atom. The van der Waals surface area contributed by atoms with Gasteiger partial charge in [0, 0.05) is 28.0 Å². The maximum atomic E-state index is 12.6. The maximum Gasteiger partial charge on any atom is 0.233 e. The van der Waals surface area contributed by atoms with Crippen molar-refractivity contribution < 1.29 is 4.79 Å². The summed E-state index contributed by atoms with van der Waals surface area (Å²) in [6.07, 6.45) is 3.44. The van der Waals surface area contributed by atoms with Crippen LogP contribution in [0.25, 0.3) is 0 Å². The predicted molar refractivity (Wildman–Crippen MR) is 90.7 cm³/mol. The molecule has 2 bridgehead atoms. The average molecular weight is 369 g/mol. The smallest absolute Gasteiger partial charge is 0.233 e. The molecule has 5 heteroatoms. The van der Waals surface area contributed by atoms with Crippen LogP contribution in [-0.2, 0) is 4.79 Å². The molecule has 0 aromatic heterocycles. The van der Waals surface area contributed by atoms with Gasteiger partial charge in [-0.05, 0) is 56.5 Å². The summed E-state index contributed by atoms with van der Waals surface area (Å²) < 4.78 is 1.09. The summed E-state index contributed by atoms with van der Waals surface area (Å²) in [5, 5.41) is 3.45. The van der Waals surface area contributed by atoms with Crippen LogP contribution in [0.15, 0.2) is 27.6 Å². The SMILES string of the molecule is Cc1cc(Br)ccc1SCC(=O)N1C2CCNCC1CC2. The lowest BCUT2D eigenvalue weighted by molar-refractivity contribution is -0.130. The Morgan fingerprint density at radius 3 is 3.00 bits per heavy atom. The first-order chi connectivity index (χ1) is 10.1. The van der Waals surface area contributed by atoms with Gasteiger partial charge in [0.15, 0.2) is 0 Å². The van der Waals surface area contributed by atoms with Gasteiger partial charge in [0.1, 0.15) is 0 Å². The van der Waals surface area contributed by atoms with Crippen LogP contribution in [0.4, 0.5) is 0 Å². The molecule has 1 aromatic rings. The summed E-state index contributed by atoms with van der Waals surface area (Å²) in [6.45, 7) is 4.10. The van der Waals surface area contributed by atoms with Crippen molar-refractivity contribution >= 4 is 33.6 Å². The minimum absolute atomic E-state index is 0.304. The second-order valence-corrected chi connectivity index (χ2v) is 7.81. The molecule has 2 unspecified atom stereocenters. The third-order valence-corrected chi connectivity index (χ3v) is 6.08. The van der Waals surface area contributed by atoms with E-state index in [1.807, 2.05) is 6.07 Å². The van der Waals surface area contributed by atoms with E-state index >= 15 is 0 Å². The normalized spacial score (nSPS) is 25.0. The van der Waals surface area contributed by atoms with Crippen LogP contribution in [0.5, 0.6) is 0 Å².